The molecule has 0 spiro atoms. The van der Waals surface area contributed by atoms with Crippen LogP contribution in [0, 0.1) is 11.8 Å². The predicted octanol–water partition coefficient (Wildman–Crippen LogP) is 1.57. The molecule has 1 amide bonds. The number of primary amides is 1. The molecule has 1 aromatic carbocycles. The van der Waals surface area contributed by atoms with E-state index in [0.29, 0.717) is 11.1 Å². The van der Waals surface area contributed by atoms with Gasteiger partial charge in [-0.25, -0.2) is 0 Å². The Morgan fingerprint density at radius 2 is 1.76 bits per heavy atom. The summed E-state index contributed by atoms with van der Waals surface area (Å²) in [5.41, 5.74) is 1.71. The number of phenols is 1. The lowest BCUT2D eigenvalue weighted by atomic mass is 9.54. The van der Waals surface area contributed by atoms with Crippen LogP contribution in [0.15, 0.2) is 29.0 Å². The summed E-state index contributed by atoms with van der Waals surface area (Å²) in [6.45, 7) is 7.63. The zero-order valence-corrected chi connectivity index (χ0v) is 22.4. The maximum atomic E-state index is 14.0. The van der Waals surface area contributed by atoms with Gasteiger partial charge in [0, 0.05) is 17.1 Å². The largest absolute Gasteiger partial charge is 0.508 e. The molecule has 3 aliphatic rings. The third-order valence-corrected chi connectivity index (χ3v) is 8.73. The van der Waals surface area contributed by atoms with Gasteiger partial charge >= 0.3 is 0 Å². The number of aromatic hydroxyl groups is 1. The van der Waals surface area contributed by atoms with Crippen LogP contribution in [0.5, 0.6) is 5.75 Å². The minimum atomic E-state index is -2.92. The first kappa shape index (κ1) is 27.8. The number of fused-ring (bicyclic) bond motifs is 3. The molecule has 0 aliphatic heterocycles. The summed E-state index contributed by atoms with van der Waals surface area (Å²) in [6.07, 6.45) is -0.0276. The molecule has 0 aromatic heterocycles. The molecule has 0 radical (unpaired) electrons. The quantitative estimate of drug-likeness (QED) is 0.309. The Hall–Kier alpha value is -3.21. The van der Waals surface area contributed by atoms with Crippen LogP contribution in [0.3, 0.4) is 0 Å². The Labute approximate surface area is 221 Å². The smallest absolute Gasteiger partial charge is 0.255 e. The average molecular weight is 529 g/mol. The van der Waals surface area contributed by atoms with Crippen molar-refractivity contribution in [1.29, 1.82) is 0 Å². The average Bonchev–Trinajstić information content (AvgIpc) is 2.80. The Bertz CT molecular complexity index is 1310. The second-order valence-corrected chi connectivity index (χ2v) is 11.6. The molecule has 38 heavy (non-hydrogen) atoms. The van der Waals surface area contributed by atoms with Crippen LogP contribution < -0.4 is 5.73 Å². The van der Waals surface area contributed by atoms with Crippen molar-refractivity contribution in [2.45, 2.75) is 69.6 Å². The third kappa shape index (κ3) is 3.47. The van der Waals surface area contributed by atoms with Crippen molar-refractivity contribution in [1.82, 2.24) is 4.90 Å². The van der Waals surface area contributed by atoms with Crippen molar-refractivity contribution in [3.63, 3.8) is 0 Å². The number of hydrogen-bond acceptors (Lipinski definition) is 9. The van der Waals surface area contributed by atoms with Crippen LogP contribution in [-0.4, -0.2) is 79.7 Å². The van der Waals surface area contributed by atoms with Gasteiger partial charge in [-0.3, -0.25) is 19.3 Å². The Balaban J connectivity index is 2.03. The minimum Gasteiger partial charge on any atom is -0.508 e. The first-order valence-electron chi connectivity index (χ1n) is 12.7. The minimum absolute atomic E-state index is 0.0164. The van der Waals surface area contributed by atoms with E-state index in [9.17, 15) is 39.9 Å². The molecule has 3 aliphatic carbocycles. The number of aliphatic hydroxyl groups excluding tert-OH is 3. The first-order valence-corrected chi connectivity index (χ1v) is 12.7. The number of carbonyl (C=O) groups is 3. The highest BCUT2D eigenvalue weighted by Gasteiger charge is 2.68. The molecule has 0 bridgehead atoms. The van der Waals surface area contributed by atoms with E-state index >= 15 is 0 Å². The van der Waals surface area contributed by atoms with Gasteiger partial charge in [0.05, 0.1) is 23.6 Å². The number of Topliss-reactive ketones (excluding diaryl/α,β-unsaturated/α-hetero) is 2. The summed E-state index contributed by atoms with van der Waals surface area (Å²) in [5, 5.41) is 57.2. The lowest BCUT2D eigenvalue weighted by Gasteiger charge is -2.53. The number of phenolic OH excluding ortho intramolecular Hbond substituents is 1. The van der Waals surface area contributed by atoms with Crippen molar-refractivity contribution >= 4 is 23.2 Å². The molecule has 1 fully saturated rings. The molecule has 6 atom stereocenters. The van der Waals surface area contributed by atoms with E-state index in [-0.39, 0.29) is 16.9 Å². The van der Waals surface area contributed by atoms with E-state index in [4.69, 9.17) is 5.73 Å². The Morgan fingerprint density at radius 1 is 1.16 bits per heavy atom. The molecule has 10 nitrogen and oxygen atoms in total. The third-order valence-electron chi connectivity index (χ3n) is 8.73. The van der Waals surface area contributed by atoms with Crippen molar-refractivity contribution in [3.05, 3.63) is 45.7 Å². The van der Waals surface area contributed by atoms with Crippen molar-refractivity contribution in [2.24, 2.45) is 17.6 Å². The molecule has 0 unspecified atom stereocenters. The van der Waals surface area contributed by atoms with Crippen LogP contribution in [-0.2, 0) is 19.8 Å². The van der Waals surface area contributed by atoms with Crippen LogP contribution >= 0.6 is 0 Å². The molecule has 7 N–H and O–H groups in total. The maximum Gasteiger partial charge on any atom is 0.255 e. The zero-order chi connectivity index (χ0) is 28.6. The van der Waals surface area contributed by atoms with Gasteiger partial charge in [0.15, 0.2) is 11.4 Å². The molecule has 1 saturated carbocycles. The summed E-state index contributed by atoms with van der Waals surface area (Å²) in [5.74, 6) is -8.79. The number of aliphatic hydroxyl groups is 4. The zero-order valence-electron chi connectivity index (χ0n) is 22.4. The summed E-state index contributed by atoms with van der Waals surface area (Å²) in [6, 6.07) is 2.14. The topological polar surface area (TPSA) is 182 Å². The number of likely N-dealkylation sites (N-methyl/N-ethyl adjacent to an activating group) is 1. The van der Waals surface area contributed by atoms with Crippen LogP contribution in [0.2, 0.25) is 0 Å². The molecular weight excluding hydrogens is 492 g/mol. The number of hydrogen-bond donors (Lipinski definition) is 6. The number of carbonyl (C=O) groups excluding carboxylic acids is 3. The Morgan fingerprint density at radius 3 is 2.29 bits per heavy atom. The summed E-state index contributed by atoms with van der Waals surface area (Å²) in [7, 11) is 2.95. The van der Waals surface area contributed by atoms with Gasteiger partial charge in [0.2, 0.25) is 5.78 Å². The predicted molar refractivity (Wildman–Crippen MR) is 138 cm³/mol. The van der Waals surface area contributed by atoms with E-state index < -0.39 is 75.5 Å². The van der Waals surface area contributed by atoms with Gasteiger partial charge in [-0.1, -0.05) is 46.2 Å². The van der Waals surface area contributed by atoms with Gasteiger partial charge in [0.25, 0.3) is 5.91 Å². The molecular formula is C28H36N2O8. The highest BCUT2D eigenvalue weighted by atomic mass is 16.4. The van der Waals surface area contributed by atoms with Crippen LogP contribution in [0.1, 0.15) is 63.1 Å². The fourth-order valence-corrected chi connectivity index (χ4v) is 6.92. The standard InChI is InChI=1S/C28H36N2O8/c1-7-10-27(3,4)13-9-8-12-11(2)14-16(21(32)15(12)20(13)31)24(35)28(38)18(22(14)33)19(30(5)6)23(34)17(25(28)36)26(29)37/h8-9,11,14,18-19,22,31-33,36,38H,7,10H2,1-6H3,(H2,29,37)/t11-,14+,18+,19-,22-,28+/m1/s1. The molecule has 206 valence electrons. The van der Waals surface area contributed by atoms with Gasteiger partial charge < -0.3 is 31.3 Å². The number of nitrogens with two attached hydrogens (primary N) is 1. The van der Waals surface area contributed by atoms with Gasteiger partial charge in [-0.15, -0.1) is 0 Å². The van der Waals surface area contributed by atoms with E-state index in [1.807, 2.05) is 20.8 Å². The SMILES string of the molecule is CCCC(C)(C)c1ccc2c(c1O)C(O)=C1C(=O)[C@]3(O)C(O)=C(C(N)=O)C(=O)[C@H](N(C)C)[C@H]3[C@H](O)[C@H]1[C@@H]2C. The fraction of sp³-hybridized carbons (Fsp3) is 0.536. The maximum absolute atomic E-state index is 14.0. The number of rotatable bonds is 5. The van der Waals surface area contributed by atoms with Crippen LogP contribution in [0.4, 0.5) is 0 Å². The normalized spacial score (nSPS) is 31.3. The fourth-order valence-electron chi connectivity index (χ4n) is 6.92. The highest BCUT2D eigenvalue weighted by Crippen LogP contribution is 2.57. The number of amides is 1. The highest BCUT2D eigenvalue weighted by molar-refractivity contribution is 6.24. The lowest BCUT2D eigenvalue weighted by molar-refractivity contribution is -0.169. The van der Waals surface area contributed by atoms with E-state index in [2.05, 4.69) is 0 Å². The number of benzene rings is 1. The molecule has 0 heterocycles. The summed E-state index contributed by atoms with van der Waals surface area (Å²) < 4.78 is 0. The van der Waals surface area contributed by atoms with Crippen LogP contribution in [0.25, 0.3) is 5.76 Å². The summed E-state index contributed by atoms with van der Waals surface area (Å²) >= 11 is 0. The lowest BCUT2D eigenvalue weighted by Crippen LogP contribution is -2.70. The summed E-state index contributed by atoms with van der Waals surface area (Å²) in [4.78, 5) is 40.7. The number of nitrogens with zero attached hydrogens (tertiary/aromatic N) is 1. The van der Waals surface area contributed by atoms with Crippen molar-refractivity contribution in [3.8, 4) is 5.75 Å². The monoisotopic (exact) mass is 528 g/mol. The second kappa shape index (κ2) is 8.93. The van der Waals surface area contributed by atoms with Gasteiger partial charge in [0.1, 0.15) is 22.8 Å². The Kier molecular flexibility index (Phi) is 6.54. The second-order valence-electron chi connectivity index (χ2n) is 11.6. The molecule has 10 heteroatoms. The molecule has 4 rings (SSSR count). The van der Waals surface area contributed by atoms with E-state index in [1.165, 1.54) is 19.0 Å². The van der Waals surface area contributed by atoms with Gasteiger partial charge in [-0.2, -0.15) is 0 Å². The van der Waals surface area contributed by atoms with Crippen molar-refractivity contribution < 1.29 is 39.9 Å². The first-order chi connectivity index (χ1) is 17.5. The van der Waals surface area contributed by atoms with Gasteiger partial charge in [-0.05, 0) is 37.4 Å². The van der Waals surface area contributed by atoms with Crippen molar-refractivity contribution in [2.75, 3.05) is 14.1 Å². The molecule has 1 aromatic rings. The molecule has 0 saturated heterocycles. The number of ketones is 2. The van der Waals surface area contributed by atoms with E-state index in [0.717, 1.165) is 12.8 Å². The van der Waals surface area contributed by atoms with E-state index in [1.54, 1.807) is 19.1 Å².